The first-order chi connectivity index (χ1) is 9.93. The largest absolute Gasteiger partial charge is 0.479 e. The van der Waals surface area contributed by atoms with Gasteiger partial charge in [0.25, 0.3) is 0 Å². The van der Waals surface area contributed by atoms with E-state index in [9.17, 15) is 14.7 Å². The molecule has 1 aromatic carbocycles. The van der Waals surface area contributed by atoms with Crippen LogP contribution in [0.2, 0.25) is 0 Å². The SMILES string of the molecule is CC(C)C[C@H](CN)CC(=O)NC(C(=O)O)c1ccccc1. The highest BCUT2D eigenvalue weighted by atomic mass is 16.4. The van der Waals surface area contributed by atoms with Gasteiger partial charge in [0.15, 0.2) is 6.04 Å². The number of benzene rings is 1. The summed E-state index contributed by atoms with van der Waals surface area (Å²) in [5, 5.41) is 11.8. The van der Waals surface area contributed by atoms with E-state index in [1.165, 1.54) is 0 Å². The molecule has 0 aliphatic heterocycles. The Hall–Kier alpha value is -1.88. The lowest BCUT2D eigenvalue weighted by Gasteiger charge is -2.19. The maximum Gasteiger partial charge on any atom is 0.330 e. The highest BCUT2D eigenvalue weighted by Gasteiger charge is 2.23. The molecule has 2 atom stereocenters. The monoisotopic (exact) mass is 292 g/mol. The fourth-order valence-electron chi connectivity index (χ4n) is 2.34. The van der Waals surface area contributed by atoms with Gasteiger partial charge in [-0.15, -0.1) is 0 Å². The fourth-order valence-corrected chi connectivity index (χ4v) is 2.34. The van der Waals surface area contributed by atoms with Crippen molar-refractivity contribution in [1.82, 2.24) is 5.32 Å². The van der Waals surface area contributed by atoms with Crippen molar-refractivity contribution in [1.29, 1.82) is 0 Å². The van der Waals surface area contributed by atoms with Crippen LogP contribution >= 0.6 is 0 Å². The zero-order chi connectivity index (χ0) is 15.8. The maximum absolute atomic E-state index is 12.1. The molecule has 0 heterocycles. The second kappa shape index (κ2) is 8.42. The Morgan fingerprint density at radius 1 is 1.24 bits per heavy atom. The molecule has 0 spiro atoms. The summed E-state index contributed by atoms with van der Waals surface area (Å²) in [5.41, 5.74) is 6.24. The van der Waals surface area contributed by atoms with Gasteiger partial charge in [-0.2, -0.15) is 0 Å². The summed E-state index contributed by atoms with van der Waals surface area (Å²) in [6, 6.07) is 7.66. The third kappa shape index (κ3) is 5.95. The van der Waals surface area contributed by atoms with Crippen LogP contribution < -0.4 is 11.1 Å². The number of amides is 1. The van der Waals surface area contributed by atoms with Gasteiger partial charge in [0.2, 0.25) is 5.91 Å². The molecule has 0 aromatic heterocycles. The molecule has 116 valence electrons. The minimum atomic E-state index is -1.07. The predicted octanol–water partition coefficient (Wildman–Crippen LogP) is 1.94. The molecule has 0 aliphatic rings. The van der Waals surface area contributed by atoms with Gasteiger partial charge in [-0.1, -0.05) is 44.2 Å². The molecule has 1 unspecified atom stereocenters. The number of rotatable bonds is 8. The summed E-state index contributed by atoms with van der Waals surface area (Å²) >= 11 is 0. The number of carbonyl (C=O) groups is 2. The number of nitrogens with one attached hydrogen (secondary N) is 1. The Bertz CT molecular complexity index is 460. The summed E-state index contributed by atoms with van der Waals surface area (Å²) in [5.74, 6) is -0.809. The lowest BCUT2D eigenvalue weighted by atomic mass is 9.93. The van der Waals surface area contributed by atoms with Crippen LogP contribution in [0.1, 0.15) is 38.3 Å². The Kier molecular flexibility index (Phi) is 6.88. The first-order valence-corrected chi connectivity index (χ1v) is 7.21. The van der Waals surface area contributed by atoms with E-state index < -0.39 is 12.0 Å². The van der Waals surface area contributed by atoms with E-state index in [1.54, 1.807) is 30.3 Å². The summed E-state index contributed by atoms with van der Waals surface area (Å²) in [6.07, 6.45) is 1.11. The summed E-state index contributed by atoms with van der Waals surface area (Å²) < 4.78 is 0. The van der Waals surface area contributed by atoms with Gasteiger partial charge in [-0.3, -0.25) is 4.79 Å². The van der Waals surface area contributed by atoms with E-state index in [1.807, 2.05) is 0 Å². The summed E-state index contributed by atoms with van der Waals surface area (Å²) in [7, 11) is 0. The van der Waals surface area contributed by atoms with Crippen molar-refractivity contribution in [2.75, 3.05) is 6.54 Å². The third-order valence-electron chi connectivity index (χ3n) is 3.30. The fraction of sp³-hybridized carbons (Fsp3) is 0.500. The zero-order valence-electron chi connectivity index (χ0n) is 12.6. The number of nitrogens with two attached hydrogens (primary N) is 1. The smallest absolute Gasteiger partial charge is 0.330 e. The average Bonchev–Trinajstić information content (AvgIpc) is 2.44. The summed E-state index contributed by atoms with van der Waals surface area (Å²) in [6.45, 7) is 4.57. The zero-order valence-corrected chi connectivity index (χ0v) is 12.6. The van der Waals surface area contributed by atoms with Crippen LogP contribution in [0.15, 0.2) is 30.3 Å². The molecule has 0 bridgehead atoms. The Morgan fingerprint density at radius 3 is 2.33 bits per heavy atom. The van der Waals surface area contributed by atoms with Crippen LogP contribution in [-0.2, 0) is 9.59 Å². The van der Waals surface area contributed by atoms with Gasteiger partial charge in [-0.25, -0.2) is 4.79 Å². The Morgan fingerprint density at radius 2 is 1.86 bits per heavy atom. The Labute approximate surface area is 125 Å². The second-order valence-electron chi connectivity index (χ2n) is 5.68. The number of hydrogen-bond acceptors (Lipinski definition) is 3. The van der Waals surface area contributed by atoms with Crippen molar-refractivity contribution in [3.8, 4) is 0 Å². The molecule has 5 nitrogen and oxygen atoms in total. The second-order valence-corrected chi connectivity index (χ2v) is 5.68. The highest BCUT2D eigenvalue weighted by molar-refractivity contribution is 5.84. The van der Waals surface area contributed by atoms with Gasteiger partial charge in [0.1, 0.15) is 0 Å². The van der Waals surface area contributed by atoms with E-state index in [2.05, 4.69) is 19.2 Å². The van der Waals surface area contributed by atoms with Gasteiger partial charge in [0, 0.05) is 6.42 Å². The van der Waals surface area contributed by atoms with Crippen molar-refractivity contribution in [2.24, 2.45) is 17.6 Å². The van der Waals surface area contributed by atoms with Gasteiger partial charge in [-0.05, 0) is 30.4 Å². The van der Waals surface area contributed by atoms with Gasteiger partial charge < -0.3 is 16.2 Å². The van der Waals surface area contributed by atoms with Crippen LogP contribution in [0.3, 0.4) is 0 Å². The maximum atomic E-state index is 12.1. The van der Waals surface area contributed by atoms with Crippen LogP contribution in [0.4, 0.5) is 0 Å². The first-order valence-electron chi connectivity index (χ1n) is 7.21. The Balaban J connectivity index is 2.67. The van der Waals surface area contributed by atoms with Gasteiger partial charge >= 0.3 is 5.97 Å². The number of aliphatic carboxylic acids is 1. The molecule has 1 amide bonds. The van der Waals surface area contributed by atoms with Crippen molar-refractivity contribution >= 4 is 11.9 Å². The number of hydrogen-bond donors (Lipinski definition) is 3. The van der Waals surface area contributed by atoms with Crippen LogP contribution in [-0.4, -0.2) is 23.5 Å². The normalized spacial score (nSPS) is 13.7. The number of carboxylic acid groups (broad SMARTS) is 1. The molecule has 1 rings (SSSR count). The van der Waals surface area contributed by atoms with Crippen molar-refractivity contribution in [3.05, 3.63) is 35.9 Å². The molecule has 0 saturated heterocycles. The highest BCUT2D eigenvalue weighted by Crippen LogP contribution is 2.17. The third-order valence-corrected chi connectivity index (χ3v) is 3.30. The molecule has 4 N–H and O–H groups in total. The standard InChI is InChI=1S/C16H24N2O3/c1-11(2)8-12(10-17)9-14(19)18-15(16(20)21)13-6-4-3-5-7-13/h3-7,11-12,15H,8-10,17H2,1-2H3,(H,18,19)(H,20,21)/t12-,15?/m0/s1. The van der Waals surface area contributed by atoms with E-state index >= 15 is 0 Å². The lowest BCUT2D eigenvalue weighted by Crippen LogP contribution is -2.35. The first kappa shape index (κ1) is 17.2. The predicted molar refractivity (Wildman–Crippen MR) is 81.6 cm³/mol. The summed E-state index contributed by atoms with van der Waals surface area (Å²) in [4.78, 5) is 23.4. The topological polar surface area (TPSA) is 92.4 Å². The minimum absolute atomic E-state index is 0.0789. The van der Waals surface area contributed by atoms with Crippen molar-refractivity contribution < 1.29 is 14.7 Å². The minimum Gasteiger partial charge on any atom is -0.479 e. The molecule has 0 saturated carbocycles. The van der Waals surface area contributed by atoms with Crippen molar-refractivity contribution in [2.45, 2.75) is 32.7 Å². The molecule has 0 fully saturated rings. The quantitative estimate of drug-likeness (QED) is 0.682. The van der Waals surface area contributed by atoms with E-state index in [4.69, 9.17) is 5.73 Å². The molecular formula is C16H24N2O3. The molecule has 21 heavy (non-hydrogen) atoms. The van der Waals surface area contributed by atoms with Crippen LogP contribution in [0.5, 0.6) is 0 Å². The number of carboxylic acids is 1. The van der Waals surface area contributed by atoms with Crippen molar-refractivity contribution in [3.63, 3.8) is 0 Å². The molecule has 0 radical (unpaired) electrons. The number of carbonyl (C=O) groups excluding carboxylic acids is 1. The van der Waals surface area contributed by atoms with E-state index in [0.29, 0.717) is 18.0 Å². The van der Waals surface area contributed by atoms with Crippen LogP contribution in [0, 0.1) is 11.8 Å². The molecule has 5 heteroatoms. The van der Waals surface area contributed by atoms with Gasteiger partial charge in [0.05, 0.1) is 0 Å². The molecule has 1 aromatic rings. The molecule has 0 aliphatic carbocycles. The lowest BCUT2D eigenvalue weighted by molar-refractivity contribution is -0.142. The van der Waals surface area contributed by atoms with E-state index in [0.717, 1.165) is 6.42 Å². The average molecular weight is 292 g/mol. The van der Waals surface area contributed by atoms with Crippen LogP contribution in [0.25, 0.3) is 0 Å². The van der Waals surface area contributed by atoms with E-state index in [-0.39, 0.29) is 18.2 Å². The molecular weight excluding hydrogens is 268 g/mol.